The summed E-state index contributed by atoms with van der Waals surface area (Å²) in [5.41, 5.74) is 3.49. The van der Waals surface area contributed by atoms with E-state index in [0.29, 0.717) is 17.1 Å². The van der Waals surface area contributed by atoms with Gasteiger partial charge in [-0.25, -0.2) is 0 Å². The number of aromatic nitrogens is 2. The molecule has 0 unspecified atom stereocenters. The molecule has 1 heterocycles. The molecule has 2 N–H and O–H groups in total. The van der Waals surface area contributed by atoms with Crippen LogP contribution in [-0.2, 0) is 5.41 Å². The number of hydrogen-bond acceptors (Lipinski definition) is 5. The molecule has 0 aliphatic rings. The lowest BCUT2D eigenvalue weighted by Crippen LogP contribution is -2.15. The Labute approximate surface area is 170 Å². The second kappa shape index (κ2) is 8.22. The minimum Gasteiger partial charge on any atom is -0.339 e. The lowest BCUT2D eigenvalue weighted by Gasteiger charge is -2.19. The number of anilines is 3. The van der Waals surface area contributed by atoms with Gasteiger partial charge >= 0.3 is 0 Å². The molecule has 3 aromatic rings. The Balaban J connectivity index is 1.66. The summed E-state index contributed by atoms with van der Waals surface area (Å²) >= 11 is 0. The Kier molecular flexibility index (Phi) is 5.73. The van der Waals surface area contributed by atoms with Crippen molar-refractivity contribution in [3.05, 3.63) is 77.5 Å². The molecule has 148 valence electrons. The van der Waals surface area contributed by atoms with E-state index in [9.17, 15) is 9.59 Å². The van der Waals surface area contributed by atoms with Crippen LogP contribution in [0.3, 0.4) is 0 Å². The number of amides is 1. The van der Waals surface area contributed by atoms with Gasteiger partial charge in [-0.2, -0.15) is 0 Å². The van der Waals surface area contributed by atoms with Crippen molar-refractivity contribution >= 4 is 28.9 Å². The topological polar surface area (TPSA) is 84.0 Å². The first-order valence-corrected chi connectivity index (χ1v) is 9.36. The van der Waals surface area contributed by atoms with E-state index in [1.54, 1.807) is 36.4 Å². The molecule has 0 bridgehead atoms. The molecule has 0 fully saturated rings. The third-order valence-electron chi connectivity index (χ3n) is 4.45. The molecular weight excluding hydrogens is 364 g/mol. The van der Waals surface area contributed by atoms with E-state index in [4.69, 9.17) is 0 Å². The van der Waals surface area contributed by atoms with E-state index >= 15 is 0 Å². The average Bonchev–Trinajstić information content (AvgIpc) is 2.68. The van der Waals surface area contributed by atoms with Gasteiger partial charge in [0.05, 0.1) is 0 Å². The molecule has 1 amide bonds. The summed E-state index contributed by atoms with van der Waals surface area (Å²) in [6.07, 6.45) is 0. The van der Waals surface area contributed by atoms with Crippen LogP contribution in [-0.4, -0.2) is 21.9 Å². The van der Waals surface area contributed by atoms with Crippen molar-refractivity contribution in [2.24, 2.45) is 0 Å². The molecule has 6 nitrogen and oxygen atoms in total. The zero-order valence-electron chi connectivity index (χ0n) is 17.0. The van der Waals surface area contributed by atoms with Crippen LogP contribution in [0, 0.1) is 0 Å². The maximum Gasteiger partial charge on any atom is 0.276 e. The van der Waals surface area contributed by atoms with Gasteiger partial charge < -0.3 is 10.6 Å². The lowest BCUT2D eigenvalue weighted by atomic mass is 9.87. The van der Waals surface area contributed by atoms with Crippen molar-refractivity contribution in [3.8, 4) is 0 Å². The van der Waals surface area contributed by atoms with Gasteiger partial charge in [0, 0.05) is 16.9 Å². The van der Waals surface area contributed by atoms with E-state index < -0.39 is 0 Å². The van der Waals surface area contributed by atoms with E-state index in [1.165, 1.54) is 12.5 Å². The number of rotatable bonds is 5. The van der Waals surface area contributed by atoms with Crippen LogP contribution in [0.1, 0.15) is 54.1 Å². The fraction of sp³-hybridized carbons (Fsp3) is 0.217. The number of ketones is 1. The SMILES string of the molecule is CC(=O)c1cccc(NC(=O)c2ccc(Nc3ccc(C(C)(C)C)cc3)nn2)c1. The van der Waals surface area contributed by atoms with Gasteiger partial charge in [0.2, 0.25) is 0 Å². The van der Waals surface area contributed by atoms with E-state index in [1.807, 2.05) is 12.1 Å². The summed E-state index contributed by atoms with van der Waals surface area (Å²) in [7, 11) is 0. The van der Waals surface area contributed by atoms with Crippen molar-refractivity contribution in [1.29, 1.82) is 0 Å². The van der Waals surface area contributed by atoms with Gasteiger partial charge in [0.25, 0.3) is 5.91 Å². The third-order valence-corrected chi connectivity index (χ3v) is 4.45. The number of benzene rings is 2. The van der Waals surface area contributed by atoms with E-state index in [2.05, 4.69) is 53.7 Å². The number of carbonyl (C=O) groups is 2. The molecule has 6 heteroatoms. The van der Waals surface area contributed by atoms with Gasteiger partial charge in [-0.1, -0.05) is 45.0 Å². The van der Waals surface area contributed by atoms with Crippen molar-refractivity contribution in [2.45, 2.75) is 33.1 Å². The van der Waals surface area contributed by atoms with Crippen molar-refractivity contribution in [1.82, 2.24) is 10.2 Å². The van der Waals surface area contributed by atoms with Crippen LogP contribution in [0.4, 0.5) is 17.2 Å². The first kappa shape index (κ1) is 20.2. The quantitative estimate of drug-likeness (QED) is 0.603. The molecule has 0 atom stereocenters. The largest absolute Gasteiger partial charge is 0.339 e. The number of nitrogens with zero attached hydrogens (tertiary/aromatic N) is 2. The number of carbonyl (C=O) groups excluding carboxylic acids is 2. The number of Topliss-reactive ketones (excluding diaryl/α,β-unsaturated/α-hetero) is 1. The summed E-state index contributed by atoms with van der Waals surface area (Å²) in [5, 5.41) is 14.0. The molecular formula is C23H24N4O2. The number of hydrogen-bond donors (Lipinski definition) is 2. The van der Waals surface area contributed by atoms with Crippen LogP contribution in [0.25, 0.3) is 0 Å². The fourth-order valence-electron chi connectivity index (χ4n) is 2.73. The van der Waals surface area contributed by atoms with Gasteiger partial charge in [-0.3, -0.25) is 9.59 Å². The minimum atomic E-state index is -0.390. The Morgan fingerprint density at radius 3 is 2.17 bits per heavy atom. The van der Waals surface area contributed by atoms with Crippen molar-refractivity contribution in [2.75, 3.05) is 10.6 Å². The average molecular weight is 388 g/mol. The van der Waals surface area contributed by atoms with E-state index in [0.717, 1.165) is 5.69 Å². The van der Waals surface area contributed by atoms with Gasteiger partial charge in [0.15, 0.2) is 17.3 Å². The van der Waals surface area contributed by atoms with Crippen LogP contribution in [0.2, 0.25) is 0 Å². The normalized spacial score (nSPS) is 11.0. The van der Waals surface area contributed by atoms with Gasteiger partial charge in [0.1, 0.15) is 0 Å². The molecule has 3 rings (SSSR count). The molecule has 0 saturated heterocycles. The maximum atomic E-state index is 12.4. The third kappa shape index (κ3) is 5.25. The van der Waals surface area contributed by atoms with Gasteiger partial charge in [-0.05, 0) is 54.3 Å². The highest BCUT2D eigenvalue weighted by molar-refractivity contribution is 6.03. The molecule has 1 aromatic heterocycles. The van der Waals surface area contributed by atoms with Crippen LogP contribution in [0.15, 0.2) is 60.7 Å². The molecule has 0 aliphatic carbocycles. The summed E-state index contributed by atoms with van der Waals surface area (Å²) < 4.78 is 0. The Bertz CT molecular complexity index is 1020. The smallest absolute Gasteiger partial charge is 0.276 e. The standard InChI is InChI=1S/C23H24N4O2/c1-15(28)16-6-5-7-19(14-16)25-22(29)20-12-13-21(27-26-20)24-18-10-8-17(9-11-18)23(2,3)4/h5-14H,1-4H3,(H,24,27)(H,25,29). The van der Waals surface area contributed by atoms with E-state index in [-0.39, 0.29) is 22.8 Å². The van der Waals surface area contributed by atoms with Crippen molar-refractivity contribution in [3.63, 3.8) is 0 Å². The highest BCUT2D eigenvalue weighted by Gasteiger charge is 2.13. The summed E-state index contributed by atoms with van der Waals surface area (Å²) in [6.45, 7) is 7.98. The second-order valence-electron chi connectivity index (χ2n) is 7.85. The molecule has 0 spiro atoms. The second-order valence-corrected chi connectivity index (χ2v) is 7.85. The predicted molar refractivity (Wildman–Crippen MR) is 115 cm³/mol. The maximum absolute atomic E-state index is 12.4. The molecule has 0 radical (unpaired) electrons. The van der Waals surface area contributed by atoms with Crippen LogP contribution < -0.4 is 10.6 Å². The zero-order chi connectivity index (χ0) is 21.0. The Hall–Kier alpha value is -3.54. The lowest BCUT2D eigenvalue weighted by molar-refractivity contribution is 0.100. The van der Waals surface area contributed by atoms with Crippen molar-refractivity contribution < 1.29 is 9.59 Å². The Morgan fingerprint density at radius 2 is 1.59 bits per heavy atom. The van der Waals surface area contributed by atoms with Gasteiger partial charge in [-0.15, -0.1) is 10.2 Å². The fourth-order valence-corrected chi connectivity index (χ4v) is 2.73. The number of nitrogens with one attached hydrogen (secondary N) is 2. The molecule has 0 saturated carbocycles. The molecule has 29 heavy (non-hydrogen) atoms. The minimum absolute atomic E-state index is 0.0631. The zero-order valence-corrected chi connectivity index (χ0v) is 17.0. The summed E-state index contributed by atoms with van der Waals surface area (Å²) in [4.78, 5) is 23.8. The van der Waals surface area contributed by atoms with Crippen LogP contribution in [0.5, 0.6) is 0 Å². The predicted octanol–water partition coefficient (Wildman–Crippen LogP) is 4.97. The highest BCUT2D eigenvalue weighted by atomic mass is 16.2. The summed E-state index contributed by atoms with van der Waals surface area (Å²) in [5.74, 6) is 0.0924. The highest BCUT2D eigenvalue weighted by Crippen LogP contribution is 2.24. The monoisotopic (exact) mass is 388 g/mol. The first-order chi connectivity index (χ1) is 13.7. The first-order valence-electron chi connectivity index (χ1n) is 9.36. The molecule has 0 aliphatic heterocycles. The Morgan fingerprint density at radius 1 is 0.862 bits per heavy atom. The van der Waals surface area contributed by atoms with Crippen LogP contribution >= 0.6 is 0 Å². The molecule has 2 aromatic carbocycles. The summed E-state index contributed by atoms with van der Waals surface area (Å²) in [6, 6.07) is 18.2.